The molecule has 0 radical (unpaired) electrons. The van der Waals surface area contributed by atoms with E-state index in [9.17, 15) is 25.9 Å². The number of thiazole rings is 1. The Morgan fingerprint density at radius 2 is 1.79 bits per heavy atom. The minimum Gasteiger partial charge on any atom is -0.748 e. The summed E-state index contributed by atoms with van der Waals surface area (Å²) in [5, 5.41) is 1.78. The van der Waals surface area contributed by atoms with Gasteiger partial charge in [-0.05, 0) is 55.3 Å². The SMILES string of the molecule is Cc1ccc2c(c1)N(CCCS(=O)(=O)[O-])C(=Cc1sc3ccc(-n4cccc4)cc3[n+]1CCCS(=O)(=O)O)S2. The van der Waals surface area contributed by atoms with Crippen LogP contribution in [-0.4, -0.2) is 48.6 Å². The predicted octanol–water partition coefficient (Wildman–Crippen LogP) is 4.41. The number of fused-ring (bicyclic) bond motifs is 2. The largest absolute Gasteiger partial charge is 0.748 e. The lowest BCUT2D eigenvalue weighted by Gasteiger charge is -2.21. The van der Waals surface area contributed by atoms with Crippen LogP contribution in [0.2, 0.25) is 0 Å². The first-order chi connectivity index (χ1) is 18.5. The zero-order chi connectivity index (χ0) is 27.8. The molecule has 2 aromatic carbocycles. The van der Waals surface area contributed by atoms with Gasteiger partial charge in [-0.1, -0.05) is 29.2 Å². The average Bonchev–Trinajstić information content (AvgIpc) is 3.57. The van der Waals surface area contributed by atoms with E-state index in [2.05, 4.69) is 10.6 Å². The third-order valence-corrected chi connectivity index (χ3v) is 10.1. The van der Waals surface area contributed by atoms with E-state index < -0.39 is 26.0 Å². The van der Waals surface area contributed by atoms with Crippen molar-refractivity contribution in [3.05, 3.63) is 76.5 Å². The van der Waals surface area contributed by atoms with E-state index in [1.54, 1.807) is 23.1 Å². The van der Waals surface area contributed by atoms with E-state index >= 15 is 0 Å². The van der Waals surface area contributed by atoms with Gasteiger partial charge in [-0.3, -0.25) is 4.55 Å². The molecule has 0 aliphatic carbocycles. The molecule has 3 heterocycles. The number of benzene rings is 2. The fourth-order valence-corrected chi connectivity index (χ4v) is 7.82. The van der Waals surface area contributed by atoms with E-state index in [1.807, 2.05) is 77.3 Å². The minimum atomic E-state index is -4.32. The molecular weight excluding hydrogens is 579 g/mol. The summed E-state index contributed by atoms with van der Waals surface area (Å²) in [5.41, 5.74) is 3.93. The Hall–Kier alpha value is -2.68. The predicted molar refractivity (Wildman–Crippen MR) is 154 cm³/mol. The smallest absolute Gasteiger partial charge is 0.265 e. The highest BCUT2D eigenvalue weighted by Crippen LogP contribution is 2.47. The van der Waals surface area contributed by atoms with Crippen LogP contribution in [0.4, 0.5) is 5.69 Å². The number of rotatable bonds is 10. The van der Waals surface area contributed by atoms with Crippen LogP contribution in [0.25, 0.3) is 22.0 Å². The lowest BCUT2D eigenvalue weighted by molar-refractivity contribution is -0.668. The van der Waals surface area contributed by atoms with Gasteiger partial charge in [0, 0.05) is 42.1 Å². The molecule has 1 aliphatic rings. The van der Waals surface area contributed by atoms with Crippen LogP contribution < -0.4 is 9.47 Å². The quantitative estimate of drug-likeness (QED) is 0.208. The van der Waals surface area contributed by atoms with Crippen LogP contribution in [0.3, 0.4) is 0 Å². The monoisotopic (exact) mass is 605 g/mol. The van der Waals surface area contributed by atoms with Gasteiger partial charge >= 0.3 is 0 Å². The zero-order valence-corrected chi connectivity index (χ0v) is 24.3. The number of aryl methyl sites for hydroxylation is 2. The summed E-state index contributed by atoms with van der Waals surface area (Å²) >= 11 is 3.13. The van der Waals surface area contributed by atoms with Crippen LogP contribution in [0, 0.1) is 6.92 Å². The van der Waals surface area contributed by atoms with Gasteiger partial charge in [0.25, 0.3) is 15.1 Å². The molecule has 0 atom stereocenters. The molecule has 206 valence electrons. The van der Waals surface area contributed by atoms with Crippen molar-refractivity contribution in [1.29, 1.82) is 0 Å². The first-order valence-electron chi connectivity index (χ1n) is 12.2. The van der Waals surface area contributed by atoms with Crippen molar-refractivity contribution in [1.82, 2.24) is 4.57 Å². The molecule has 39 heavy (non-hydrogen) atoms. The molecular formula is C26H27N3O6S4. The molecule has 1 N–H and O–H groups in total. The van der Waals surface area contributed by atoms with Gasteiger partial charge in [0.2, 0.25) is 5.52 Å². The lowest BCUT2D eigenvalue weighted by atomic mass is 10.2. The van der Waals surface area contributed by atoms with E-state index in [4.69, 9.17) is 0 Å². The van der Waals surface area contributed by atoms with E-state index in [1.165, 1.54) is 0 Å². The van der Waals surface area contributed by atoms with Gasteiger partial charge in [-0.25, -0.2) is 8.42 Å². The molecule has 0 unspecified atom stereocenters. The van der Waals surface area contributed by atoms with Gasteiger partial charge in [0.1, 0.15) is 4.70 Å². The molecule has 0 bridgehead atoms. The van der Waals surface area contributed by atoms with Gasteiger partial charge in [-0.2, -0.15) is 13.0 Å². The van der Waals surface area contributed by atoms with Crippen molar-refractivity contribution in [2.75, 3.05) is 23.0 Å². The molecule has 2 aromatic heterocycles. The number of aromatic nitrogens is 2. The van der Waals surface area contributed by atoms with Gasteiger partial charge in [0.05, 0.1) is 38.4 Å². The molecule has 1 aliphatic heterocycles. The zero-order valence-electron chi connectivity index (χ0n) is 21.1. The highest BCUT2D eigenvalue weighted by atomic mass is 32.2. The third-order valence-electron chi connectivity index (χ3n) is 6.31. The summed E-state index contributed by atoms with van der Waals surface area (Å²) in [6, 6.07) is 16.1. The summed E-state index contributed by atoms with van der Waals surface area (Å²) in [5.74, 6) is -0.789. The molecule has 5 rings (SSSR count). The molecule has 0 amide bonds. The van der Waals surface area contributed by atoms with Crippen molar-refractivity contribution in [3.63, 3.8) is 0 Å². The molecule has 9 nitrogen and oxygen atoms in total. The Bertz CT molecular complexity index is 1760. The summed E-state index contributed by atoms with van der Waals surface area (Å²) < 4.78 is 71.0. The Labute approximate surface area is 235 Å². The van der Waals surface area contributed by atoms with Crippen molar-refractivity contribution >= 4 is 65.3 Å². The Kier molecular flexibility index (Phi) is 7.91. The summed E-state index contributed by atoms with van der Waals surface area (Å²) in [6.45, 7) is 2.73. The number of nitrogens with zero attached hydrogens (tertiary/aromatic N) is 3. The second-order valence-corrected chi connectivity index (χ2v) is 14.5. The molecule has 0 fully saturated rings. The standard InChI is InChI=1S/C26H27N3O6S4/c1-19-6-8-23-21(16-19)28(12-4-14-38(30,31)32)25(36-23)18-26-29(13-5-15-39(33,34)35)22-17-20(7-9-24(22)37-26)27-10-2-3-11-27/h2-3,6-11,16-18H,4-5,12-15H2,1H3,(H-,30,31,32,33,34,35). The van der Waals surface area contributed by atoms with Gasteiger partial charge in [-0.15, -0.1) is 0 Å². The second-order valence-electron chi connectivity index (χ2n) is 9.30. The third kappa shape index (κ3) is 6.73. The van der Waals surface area contributed by atoms with Crippen molar-refractivity contribution < 1.29 is 30.5 Å². The van der Waals surface area contributed by atoms with Crippen molar-refractivity contribution in [2.45, 2.75) is 31.2 Å². The van der Waals surface area contributed by atoms with Crippen molar-refractivity contribution in [3.8, 4) is 5.69 Å². The van der Waals surface area contributed by atoms with Crippen LogP contribution >= 0.6 is 23.1 Å². The topological polar surface area (TPSA) is 124 Å². The highest BCUT2D eigenvalue weighted by molar-refractivity contribution is 8.04. The molecule has 0 saturated heterocycles. The number of hydrogen-bond donors (Lipinski definition) is 1. The molecule has 4 aromatic rings. The summed E-state index contributed by atoms with van der Waals surface area (Å²) in [7, 11) is -8.42. The normalized spacial score (nSPS) is 14.9. The maximum Gasteiger partial charge on any atom is 0.265 e. The van der Waals surface area contributed by atoms with Gasteiger partial charge in [0.15, 0.2) is 6.54 Å². The summed E-state index contributed by atoms with van der Waals surface area (Å²) in [4.78, 5) is 3.07. The molecule has 13 heteroatoms. The maximum absolute atomic E-state index is 11.4. The Morgan fingerprint density at radius 3 is 2.51 bits per heavy atom. The minimum absolute atomic E-state index is 0.193. The van der Waals surface area contributed by atoms with Crippen LogP contribution in [0.5, 0.6) is 0 Å². The van der Waals surface area contributed by atoms with Crippen molar-refractivity contribution in [2.24, 2.45) is 0 Å². The number of thioether (sulfide) groups is 1. The lowest BCUT2D eigenvalue weighted by Crippen LogP contribution is -2.36. The Balaban J connectivity index is 1.56. The van der Waals surface area contributed by atoms with E-state index in [-0.39, 0.29) is 18.6 Å². The first-order valence-corrected chi connectivity index (χ1v) is 17.0. The number of hydrogen-bond acceptors (Lipinski definition) is 8. The van der Waals surface area contributed by atoms with E-state index in [0.717, 1.165) is 42.1 Å². The number of anilines is 1. The van der Waals surface area contributed by atoms with Crippen LogP contribution in [0.15, 0.2) is 70.8 Å². The van der Waals surface area contributed by atoms with E-state index in [0.29, 0.717) is 13.1 Å². The second kappa shape index (κ2) is 11.1. The van der Waals surface area contributed by atoms with Crippen LogP contribution in [-0.2, 0) is 26.8 Å². The van der Waals surface area contributed by atoms with Crippen LogP contribution in [0.1, 0.15) is 23.4 Å². The fourth-order valence-electron chi connectivity index (χ4n) is 4.55. The maximum atomic E-state index is 11.4. The fraction of sp³-hybridized carbons (Fsp3) is 0.269. The van der Waals surface area contributed by atoms with Gasteiger partial charge < -0.3 is 14.0 Å². The summed E-state index contributed by atoms with van der Waals surface area (Å²) in [6.07, 6.45) is 6.36. The molecule has 0 spiro atoms. The first kappa shape index (κ1) is 27.9. The molecule has 0 saturated carbocycles. The average molecular weight is 606 g/mol. The Morgan fingerprint density at radius 1 is 1.03 bits per heavy atom. The highest BCUT2D eigenvalue weighted by Gasteiger charge is 2.28.